The summed E-state index contributed by atoms with van der Waals surface area (Å²) in [6, 6.07) is 22.5. The molecular formula is C29H33N3O3. The largest absolute Gasteiger partial charge is 0.493 e. The number of aromatic nitrogens is 2. The van der Waals surface area contributed by atoms with E-state index in [-0.39, 0.29) is 12.3 Å². The Morgan fingerprint density at radius 2 is 1.66 bits per heavy atom. The molecule has 0 radical (unpaired) electrons. The summed E-state index contributed by atoms with van der Waals surface area (Å²) in [6.45, 7) is 5.67. The zero-order valence-corrected chi connectivity index (χ0v) is 20.9. The van der Waals surface area contributed by atoms with Crippen LogP contribution in [0.4, 0.5) is 0 Å². The maximum atomic E-state index is 12.6. The highest BCUT2D eigenvalue weighted by molar-refractivity contribution is 5.79. The van der Waals surface area contributed by atoms with Gasteiger partial charge in [-0.15, -0.1) is 0 Å². The lowest BCUT2D eigenvalue weighted by Gasteiger charge is -2.12. The van der Waals surface area contributed by atoms with Crippen LogP contribution in [0, 0.1) is 0 Å². The molecule has 4 rings (SSSR count). The predicted octanol–water partition coefficient (Wildman–Crippen LogP) is 5.13. The van der Waals surface area contributed by atoms with E-state index in [0.29, 0.717) is 30.4 Å². The molecule has 0 aliphatic heterocycles. The molecule has 0 saturated carbocycles. The van der Waals surface area contributed by atoms with Crippen molar-refractivity contribution in [2.24, 2.45) is 0 Å². The fourth-order valence-corrected chi connectivity index (χ4v) is 4.24. The number of imidazole rings is 1. The highest BCUT2D eigenvalue weighted by Gasteiger charge is 2.13. The Hall–Kier alpha value is -3.80. The molecule has 0 spiro atoms. The lowest BCUT2D eigenvalue weighted by atomic mass is 10.0. The van der Waals surface area contributed by atoms with Gasteiger partial charge in [-0.3, -0.25) is 4.79 Å². The molecule has 0 fully saturated rings. The van der Waals surface area contributed by atoms with Crippen molar-refractivity contribution >= 4 is 16.9 Å². The first-order valence-corrected chi connectivity index (χ1v) is 12.0. The van der Waals surface area contributed by atoms with Gasteiger partial charge in [0.05, 0.1) is 31.7 Å². The summed E-state index contributed by atoms with van der Waals surface area (Å²) in [5.74, 6) is 2.70. The number of rotatable bonds is 10. The molecule has 3 aromatic carbocycles. The maximum absolute atomic E-state index is 12.6. The topological polar surface area (TPSA) is 65.4 Å². The van der Waals surface area contributed by atoms with Gasteiger partial charge >= 0.3 is 0 Å². The van der Waals surface area contributed by atoms with Crippen LogP contribution in [0.5, 0.6) is 11.5 Å². The predicted molar refractivity (Wildman–Crippen MR) is 139 cm³/mol. The zero-order valence-electron chi connectivity index (χ0n) is 20.9. The van der Waals surface area contributed by atoms with E-state index < -0.39 is 0 Å². The van der Waals surface area contributed by atoms with Crippen LogP contribution in [-0.4, -0.2) is 36.2 Å². The fourth-order valence-electron chi connectivity index (χ4n) is 4.24. The van der Waals surface area contributed by atoms with Crippen molar-refractivity contribution in [2.45, 2.75) is 39.2 Å². The molecule has 0 saturated heterocycles. The van der Waals surface area contributed by atoms with E-state index >= 15 is 0 Å². The minimum atomic E-state index is -0.0378. The monoisotopic (exact) mass is 471 g/mol. The third kappa shape index (κ3) is 5.83. The molecule has 35 heavy (non-hydrogen) atoms. The first kappa shape index (κ1) is 24.3. The van der Waals surface area contributed by atoms with E-state index in [1.165, 1.54) is 11.1 Å². The Balaban J connectivity index is 1.43. The van der Waals surface area contributed by atoms with Crippen LogP contribution < -0.4 is 14.8 Å². The first-order valence-electron chi connectivity index (χ1n) is 12.0. The Bertz CT molecular complexity index is 1290. The Kier molecular flexibility index (Phi) is 7.70. The molecule has 1 aromatic heterocycles. The van der Waals surface area contributed by atoms with Crippen LogP contribution in [0.1, 0.15) is 42.3 Å². The Labute approximate surface area is 206 Å². The molecular weight excluding hydrogens is 438 g/mol. The van der Waals surface area contributed by atoms with Gasteiger partial charge in [-0.05, 0) is 46.9 Å². The molecule has 0 bridgehead atoms. The van der Waals surface area contributed by atoms with Crippen molar-refractivity contribution in [1.29, 1.82) is 0 Å². The summed E-state index contributed by atoms with van der Waals surface area (Å²) in [7, 11) is 3.19. The molecule has 0 aliphatic rings. The quantitative estimate of drug-likeness (QED) is 0.348. The van der Waals surface area contributed by atoms with E-state index in [2.05, 4.69) is 54.1 Å². The number of ether oxygens (including phenoxy) is 2. The minimum Gasteiger partial charge on any atom is -0.493 e. The fraction of sp³-hybridized carbons (Fsp3) is 0.310. The average molecular weight is 472 g/mol. The highest BCUT2D eigenvalue weighted by atomic mass is 16.5. The summed E-state index contributed by atoms with van der Waals surface area (Å²) in [5.41, 5.74) is 5.51. The molecule has 1 N–H and O–H groups in total. The molecule has 6 heteroatoms. The number of methoxy groups -OCH3 is 2. The lowest BCUT2D eigenvalue weighted by Crippen LogP contribution is -2.28. The van der Waals surface area contributed by atoms with Gasteiger partial charge in [-0.25, -0.2) is 4.98 Å². The number of nitrogens with one attached hydrogen (secondary N) is 1. The van der Waals surface area contributed by atoms with Crippen molar-refractivity contribution < 1.29 is 14.3 Å². The third-order valence-electron chi connectivity index (χ3n) is 6.20. The molecule has 182 valence electrons. The maximum Gasteiger partial charge on any atom is 0.224 e. The van der Waals surface area contributed by atoms with E-state index in [0.717, 1.165) is 29.0 Å². The van der Waals surface area contributed by atoms with Gasteiger partial charge in [0.15, 0.2) is 11.5 Å². The number of hydrogen-bond acceptors (Lipinski definition) is 4. The van der Waals surface area contributed by atoms with Gasteiger partial charge in [-0.1, -0.05) is 56.3 Å². The standard InChI is InChI=1S/C29H33N3O3/c1-20(2)23-12-9-21(10-13-23)19-32-25-8-6-5-7-24(25)31-28(32)15-16-30-29(33)18-22-11-14-26(34-3)27(17-22)35-4/h5-14,17,20H,15-16,18-19H2,1-4H3,(H,30,33). The van der Waals surface area contributed by atoms with Crippen molar-refractivity contribution in [2.75, 3.05) is 20.8 Å². The van der Waals surface area contributed by atoms with Crippen LogP contribution in [0.2, 0.25) is 0 Å². The van der Waals surface area contributed by atoms with E-state index in [9.17, 15) is 4.79 Å². The first-order chi connectivity index (χ1) is 17.0. The molecule has 6 nitrogen and oxygen atoms in total. The minimum absolute atomic E-state index is 0.0378. The van der Waals surface area contributed by atoms with Crippen LogP contribution in [-0.2, 0) is 24.2 Å². The molecule has 1 amide bonds. The number of benzene rings is 3. The smallest absolute Gasteiger partial charge is 0.224 e. The zero-order chi connectivity index (χ0) is 24.8. The summed E-state index contributed by atoms with van der Waals surface area (Å²) >= 11 is 0. The van der Waals surface area contributed by atoms with E-state index in [4.69, 9.17) is 14.5 Å². The number of hydrogen-bond donors (Lipinski definition) is 1. The van der Waals surface area contributed by atoms with E-state index in [1.54, 1.807) is 14.2 Å². The molecule has 4 aromatic rings. The summed E-state index contributed by atoms with van der Waals surface area (Å²) in [4.78, 5) is 17.4. The Morgan fingerprint density at radius 3 is 2.37 bits per heavy atom. The van der Waals surface area contributed by atoms with Gasteiger partial charge in [0.1, 0.15) is 5.82 Å². The van der Waals surface area contributed by atoms with Crippen molar-refractivity contribution in [3.63, 3.8) is 0 Å². The van der Waals surface area contributed by atoms with Gasteiger partial charge < -0.3 is 19.4 Å². The van der Waals surface area contributed by atoms with Crippen LogP contribution in [0.3, 0.4) is 0 Å². The highest BCUT2D eigenvalue weighted by Crippen LogP contribution is 2.27. The van der Waals surface area contributed by atoms with Crippen molar-refractivity contribution in [3.8, 4) is 11.5 Å². The Morgan fingerprint density at radius 1 is 0.943 bits per heavy atom. The van der Waals surface area contributed by atoms with Gasteiger partial charge in [0, 0.05) is 19.5 Å². The lowest BCUT2D eigenvalue weighted by molar-refractivity contribution is -0.120. The summed E-state index contributed by atoms with van der Waals surface area (Å²) in [5, 5.41) is 3.04. The third-order valence-corrected chi connectivity index (χ3v) is 6.20. The second kappa shape index (κ2) is 11.1. The normalized spacial score (nSPS) is 11.1. The summed E-state index contributed by atoms with van der Waals surface area (Å²) in [6.07, 6.45) is 0.926. The van der Waals surface area contributed by atoms with Crippen molar-refractivity contribution in [3.05, 3.63) is 89.2 Å². The number of fused-ring (bicyclic) bond motifs is 1. The molecule has 0 unspecified atom stereocenters. The molecule has 0 atom stereocenters. The van der Waals surface area contributed by atoms with Gasteiger partial charge in [-0.2, -0.15) is 0 Å². The summed E-state index contributed by atoms with van der Waals surface area (Å²) < 4.78 is 12.9. The SMILES string of the molecule is COc1ccc(CC(=O)NCCc2nc3ccccc3n2Cc2ccc(C(C)C)cc2)cc1OC. The van der Waals surface area contributed by atoms with Crippen LogP contribution in [0.15, 0.2) is 66.7 Å². The van der Waals surface area contributed by atoms with Gasteiger partial charge in [0.2, 0.25) is 5.91 Å². The van der Waals surface area contributed by atoms with Gasteiger partial charge in [0.25, 0.3) is 0 Å². The number of para-hydroxylation sites is 2. The molecule has 1 heterocycles. The van der Waals surface area contributed by atoms with E-state index in [1.807, 2.05) is 36.4 Å². The van der Waals surface area contributed by atoms with Crippen LogP contribution in [0.25, 0.3) is 11.0 Å². The number of nitrogens with zero attached hydrogens (tertiary/aromatic N) is 2. The molecule has 0 aliphatic carbocycles. The number of amides is 1. The number of carbonyl (C=O) groups excluding carboxylic acids is 1. The number of carbonyl (C=O) groups is 1. The average Bonchev–Trinajstić information content (AvgIpc) is 3.21. The van der Waals surface area contributed by atoms with Crippen molar-refractivity contribution in [1.82, 2.24) is 14.9 Å². The second-order valence-electron chi connectivity index (χ2n) is 8.97. The van der Waals surface area contributed by atoms with Crippen LogP contribution >= 0.6 is 0 Å². The second-order valence-corrected chi connectivity index (χ2v) is 8.97.